The van der Waals surface area contributed by atoms with Crippen LogP contribution < -0.4 is 5.73 Å². The van der Waals surface area contributed by atoms with Crippen molar-refractivity contribution in [1.29, 1.82) is 0 Å². The molecule has 3 N–H and O–H groups in total. The van der Waals surface area contributed by atoms with Crippen LogP contribution in [0.1, 0.15) is 38.3 Å². The molecule has 0 aliphatic rings. The molecule has 0 aromatic heterocycles. The van der Waals surface area contributed by atoms with E-state index in [4.69, 9.17) is 10.8 Å². The van der Waals surface area contributed by atoms with Crippen molar-refractivity contribution in [1.82, 2.24) is 0 Å². The predicted octanol–water partition coefficient (Wildman–Crippen LogP) is 2.65. The third kappa shape index (κ3) is 2.54. The molecule has 1 aromatic carbocycles. The summed E-state index contributed by atoms with van der Waals surface area (Å²) in [5.41, 5.74) is 4.95. The lowest BCUT2D eigenvalue weighted by atomic mass is 9.66. The first-order valence-electron chi connectivity index (χ1n) is 5.99. The Kier molecular flexibility index (Phi) is 4.13. The van der Waals surface area contributed by atoms with Gasteiger partial charge in [-0.3, -0.25) is 0 Å². The van der Waals surface area contributed by atoms with Crippen LogP contribution in [0.25, 0.3) is 0 Å². The van der Waals surface area contributed by atoms with Gasteiger partial charge in [0.1, 0.15) is 11.6 Å². The molecule has 2 nitrogen and oxygen atoms in total. The monoisotopic (exact) mass is 257 g/mol. The molecule has 102 valence electrons. The van der Waals surface area contributed by atoms with E-state index >= 15 is 0 Å². The molecule has 0 saturated heterocycles. The van der Waals surface area contributed by atoms with Gasteiger partial charge in [0.2, 0.25) is 0 Å². The highest BCUT2D eigenvalue weighted by molar-refractivity contribution is 5.34. The van der Waals surface area contributed by atoms with Crippen LogP contribution in [0.3, 0.4) is 0 Å². The zero-order chi connectivity index (χ0) is 14.1. The topological polar surface area (TPSA) is 46.2 Å². The third-order valence-corrected chi connectivity index (χ3v) is 3.88. The van der Waals surface area contributed by atoms with Crippen molar-refractivity contribution >= 4 is 0 Å². The first kappa shape index (κ1) is 15.1. The number of hydrogen-bond donors (Lipinski definition) is 2. The van der Waals surface area contributed by atoms with Crippen molar-refractivity contribution in [2.75, 3.05) is 6.61 Å². The molecule has 0 bridgehead atoms. The molecule has 0 amide bonds. The van der Waals surface area contributed by atoms with Crippen molar-refractivity contribution in [2.24, 2.45) is 5.73 Å². The lowest BCUT2D eigenvalue weighted by Crippen LogP contribution is -2.53. The Morgan fingerprint density at radius 3 is 2.17 bits per heavy atom. The molecule has 1 atom stereocenters. The number of benzene rings is 1. The maximum atomic E-state index is 14.1. The van der Waals surface area contributed by atoms with Gasteiger partial charge in [-0.15, -0.1) is 0 Å². The molecule has 1 unspecified atom stereocenters. The van der Waals surface area contributed by atoms with Crippen LogP contribution in [0.15, 0.2) is 12.1 Å². The average Bonchev–Trinajstić information content (AvgIpc) is 2.22. The molecular weight excluding hydrogens is 236 g/mol. The van der Waals surface area contributed by atoms with Crippen molar-refractivity contribution < 1.29 is 13.9 Å². The smallest absolute Gasteiger partial charge is 0.127 e. The van der Waals surface area contributed by atoms with E-state index in [1.54, 1.807) is 20.8 Å². The Balaban J connectivity index is 3.44. The fourth-order valence-corrected chi connectivity index (χ4v) is 2.10. The second-order valence-electron chi connectivity index (χ2n) is 5.61. The molecule has 18 heavy (non-hydrogen) atoms. The Labute approximate surface area is 107 Å². The van der Waals surface area contributed by atoms with E-state index in [9.17, 15) is 8.78 Å². The van der Waals surface area contributed by atoms with E-state index < -0.39 is 22.6 Å². The second kappa shape index (κ2) is 4.94. The molecule has 1 aromatic rings. The number of aryl methyl sites for hydroxylation is 1. The highest BCUT2D eigenvalue weighted by Gasteiger charge is 2.41. The van der Waals surface area contributed by atoms with E-state index in [-0.39, 0.29) is 24.2 Å². The number of hydrogen-bond acceptors (Lipinski definition) is 2. The van der Waals surface area contributed by atoms with Crippen molar-refractivity contribution in [2.45, 2.75) is 45.1 Å². The summed E-state index contributed by atoms with van der Waals surface area (Å²) in [5, 5.41) is 9.17. The fraction of sp³-hybridized carbons (Fsp3) is 0.571. The summed E-state index contributed by atoms with van der Waals surface area (Å²) in [6.07, 6.45) is 0.274. The Morgan fingerprint density at radius 1 is 1.17 bits per heavy atom. The standard InChI is InChI=1S/C14H21F2NO/c1-9-7-12(16)10(8-11(9)15)14(4,5-6-18)13(2,3)17/h7-8,18H,5-6,17H2,1-4H3. The van der Waals surface area contributed by atoms with Gasteiger partial charge in [0, 0.05) is 17.6 Å². The van der Waals surface area contributed by atoms with Crippen LogP contribution in [0, 0.1) is 18.6 Å². The number of rotatable bonds is 4. The maximum absolute atomic E-state index is 14.1. The fourth-order valence-electron chi connectivity index (χ4n) is 2.10. The molecule has 1 rings (SSSR count). The Morgan fingerprint density at radius 2 is 1.72 bits per heavy atom. The molecule has 0 heterocycles. The largest absolute Gasteiger partial charge is 0.396 e. The molecule has 0 saturated carbocycles. The van der Waals surface area contributed by atoms with Gasteiger partial charge >= 0.3 is 0 Å². The minimum atomic E-state index is -0.833. The van der Waals surface area contributed by atoms with Crippen LogP contribution in [-0.2, 0) is 5.41 Å². The Hall–Kier alpha value is -1.00. The average molecular weight is 257 g/mol. The van der Waals surface area contributed by atoms with Crippen LogP contribution in [0.5, 0.6) is 0 Å². The van der Waals surface area contributed by atoms with Gasteiger partial charge in [0.05, 0.1) is 0 Å². The molecule has 0 spiro atoms. The van der Waals surface area contributed by atoms with E-state index in [1.165, 1.54) is 19.1 Å². The molecule has 0 radical (unpaired) electrons. The minimum absolute atomic E-state index is 0.133. The first-order chi connectivity index (χ1) is 8.13. The highest BCUT2D eigenvalue weighted by Crippen LogP contribution is 2.38. The van der Waals surface area contributed by atoms with Crippen LogP contribution in [0.2, 0.25) is 0 Å². The summed E-state index contributed by atoms with van der Waals surface area (Å²) in [5.74, 6) is -0.941. The van der Waals surface area contributed by atoms with Crippen LogP contribution in [0.4, 0.5) is 8.78 Å². The second-order valence-corrected chi connectivity index (χ2v) is 5.61. The summed E-state index contributed by atoms with van der Waals surface area (Å²) in [4.78, 5) is 0. The van der Waals surface area contributed by atoms with Crippen molar-refractivity contribution in [3.8, 4) is 0 Å². The summed E-state index contributed by atoms with van der Waals surface area (Å²) >= 11 is 0. The van der Waals surface area contributed by atoms with E-state index in [1.807, 2.05) is 0 Å². The lowest BCUT2D eigenvalue weighted by molar-refractivity contribution is 0.186. The van der Waals surface area contributed by atoms with Gasteiger partial charge in [0.15, 0.2) is 0 Å². The van der Waals surface area contributed by atoms with Gasteiger partial charge in [-0.05, 0) is 50.5 Å². The van der Waals surface area contributed by atoms with Crippen LogP contribution in [-0.4, -0.2) is 17.3 Å². The molecule has 0 aliphatic carbocycles. The summed E-state index contributed by atoms with van der Waals surface area (Å²) < 4.78 is 27.7. The summed E-state index contributed by atoms with van der Waals surface area (Å²) in [6, 6.07) is 2.36. The van der Waals surface area contributed by atoms with Crippen molar-refractivity contribution in [3.63, 3.8) is 0 Å². The van der Waals surface area contributed by atoms with E-state index in [0.717, 1.165) is 0 Å². The molecule has 0 aliphatic heterocycles. The molecular formula is C14H21F2NO. The van der Waals surface area contributed by atoms with Gasteiger partial charge in [-0.2, -0.15) is 0 Å². The lowest BCUT2D eigenvalue weighted by Gasteiger charge is -2.42. The number of aliphatic hydroxyl groups is 1. The maximum Gasteiger partial charge on any atom is 0.127 e. The van der Waals surface area contributed by atoms with Crippen LogP contribution >= 0.6 is 0 Å². The number of aliphatic hydroxyl groups excluding tert-OH is 1. The zero-order valence-corrected chi connectivity index (χ0v) is 11.3. The van der Waals surface area contributed by atoms with Crippen molar-refractivity contribution in [3.05, 3.63) is 34.9 Å². The molecule has 4 heteroatoms. The minimum Gasteiger partial charge on any atom is -0.396 e. The summed E-state index contributed by atoms with van der Waals surface area (Å²) in [7, 11) is 0. The normalized spacial score (nSPS) is 15.6. The number of nitrogens with two attached hydrogens (primary N) is 1. The highest BCUT2D eigenvalue weighted by atomic mass is 19.1. The van der Waals surface area contributed by atoms with E-state index in [2.05, 4.69) is 0 Å². The van der Waals surface area contributed by atoms with E-state index in [0.29, 0.717) is 0 Å². The van der Waals surface area contributed by atoms with Gasteiger partial charge < -0.3 is 10.8 Å². The third-order valence-electron chi connectivity index (χ3n) is 3.88. The van der Waals surface area contributed by atoms with Gasteiger partial charge in [-0.1, -0.05) is 6.92 Å². The van der Waals surface area contributed by atoms with Gasteiger partial charge in [0.25, 0.3) is 0 Å². The quantitative estimate of drug-likeness (QED) is 0.871. The Bertz CT molecular complexity index is 440. The first-order valence-corrected chi connectivity index (χ1v) is 5.99. The molecule has 0 fully saturated rings. The van der Waals surface area contributed by atoms with Gasteiger partial charge in [-0.25, -0.2) is 8.78 Å². The zero-order valence-electron chi connectivity index (χ0n) is 11.3. The predicted molar refractivity (Wildman–Crippen MR) is 68.4 cm³/mol. The number of halogens is 2. The SMILES string of the molecule is Cc1cc(F)c(C(C)(CCO)C(C)(C)N)cc1F. The summed E-state index contributed by atoms with van der Waals surface area (Å²) in [6.45, 7) is 6.63.